The smallest absolute Gasteiger partial charge is 0.320 e. The quantitative estimate of drug-likeness (QED) is 0.0700. The number of carbonyl (C=O) groups is 4. The summed E-state index contributed by atoms with van der Waals surface area (Å²) < 4.78 is 10.4. The number of rotatable bonds is 33. The van der Waals surface area contributed by atoms with Gasteiger partial charge in [-0.05, 0) is 32.7 Å². The standard InChI is InChI=1S/C32H60N2O8/c1-28(35)27-42-26-25-41-24-23-34-30(36)21-20-29(32(39)40)33-22-18-16-14-12-10-8-6-4-2-3-5-7-9-11-13-15-17-19-31(37)38/h29,33H,2-27H2,1H3,(H,34,36)(H,37,38)(H,39,40)/t29-/m0/s1. The third kappa shape index (κ3) is 30.9. The van der Waals surface area contributed by atoms with E-state index in [0.29, 0.717) is 39.3 Å². The predicted molar refractivity (Wildman–Crippen MR) is 165 cm³/mol. The van der Waals surface area contributed by atoms with E-state index < -0.39 is 18.0 Å². The van der Waals surface area contributed by atoms with E-state index in [1.807, 2.05) is 0 Å². The topological polar surface area (TPSA) is 151 Å². The summed E-state index contributed by atoms with van der Waals surface area (Å²) in [6.45, 7) is 3.51. The molecule has 10 nitrogen and oxygen atoms in total. The molecule has 0 aromatic rings. The van der Waals surface area contributed by atoms with Crippen molar-refractivity contribution in [3.63, 3.8) is 0 Å². The Balaban J connectivity index is 3.48. The average molecular weight is 601 g/mol. The van der Waals surface area contributed by atoms with Gasteiger partial charge in [-0.2, -0.15) is 0 Å². The average Bonchev–Trinajstić information content (AvgIpc) is 2.94. The van der Waals surface area contributed by atoms with Crippen molar-refractivity contribution >= 4 is 23.6 Å². The fourth-order valence-electron chi connectivity index (χ4n) is 4.70. The molecule has 1 amide bonds. The SMILES string of the molecule is CC(=O)COCCOCCNC(=O)CC[C@H](NCCCCCCCCCCCCCCCCCCCC(=O)O)C(=O)O. The van der Waals surface area contributed by atoms with Crippen molar-refractivity contribution in [3.05, 3.63) is 0 Å². The number of ether oxygens (including phenoxy) is 2. The zero-order valence-electron chi connectivity index (χ0n) is 26.3. The molecule has 0 aliphatic heterocycles. The minimum Gasteiger partial charge on any atom is -0.481 e. The molecular formula is C32H60N2O8. The summed E-state index contributed by atoms with van der Waals surface area (Å²) in [6.07, 6.45) is 21.1. The van der Waals surface area contributed by atoms with Gasteiger partial charge in [0.05, 0.1) is 19.8 Å². The van der Waals surface area contributed by atoms with Crippen molar-refractivity contribution in [2.45, 2.75) is 141 Å². The normalized spacial score (nSPS) is 11.8. The Morgan fingerprint density at radius 1 is 0.595 bits per heavy atom. The molecule has 0 heterocycles. The van der Waals surface area contributed by atoms with E-state index in [4.69, 9.17) is 14.6 Å². The number of nitrogens with one attached hydrogen (secondary N) is 2. The number of carboxylic acid groups (broad SMARTS) is 2. The van der Waals surface area contributed by atoms with Gasteiger partial charge in [-0.3, -0.25) is 19.2 Å². The molecule has 0 fully saturated rings. The second-order valence-corrected chi connectivity index (χ2v) is 11.3. The molecule has 4 N–H and O–H groups in total. The Hall–Kier alpha value is -2.04. The van der Waals surface area contributed by atoms with E-state index in [-0.39, 0.29) is 31.1 Å². The van der Waals surface area contributed by atoms with Crippen LogP contribution in [-0.4, -0.2) is 79.4 Å². The van der Waals surface area contributed by atoms with Crippen LogP contribution in [0.3, 0.4) is 0 Å². The number of hydrogen-bond donors (Lipinski definition) is 4. The van der Waals surface area contributed by atoms with Crippen LogP contribution in [-0.2, 0) is 28.7 Å². The number of Topliss-reactive ketones (excluding diaryl/α,β-unsaturated/α-hetero) is 1. The van der Waals surface area contributed by atoms with Gasteiger partial charge in [0.25, 0.3) is 0 Å². The zero-order valence-corrected chi connectivity index (χ0v) is 26.3. The summed E-state index contributed by atoms with van der Waals surface area (Å²) in [5, 5.41) is 23.9. The Morgan fingerprint density at radius 2 is 1.07 bits per heavy atom. The number of ketones is 1. The maximum Gasteiger partial charge on any atom is 0.320 e. The van der Waals surface area contributed by atoms with Crippen molar-refractivity contribution < 1.29 is 38.9 Å². The molecule has 1 atom stereocenters. The van der Waals surface area contributed by atoms with Crippen LogP contribution in [0.2, 0.25) is 0 Å². The lowest BCUT2D eigenvalue weighted by molar-refractivity contribution is -0.140. The first-order valence-electron chi connectivity index (χ1n) is 16.4. The lowest BCUT2D eigenvalue weighted by Crippen LogP contribution is -2.38. The van der Waals surface area contributed by atoms with Gasteiger partial charge in [-0.15, -0.1) is 0 Å². The van der Waals surface area contributed by atoms with E-state index in [2.05, 4.69) is 10.6 Å². The highest BCUT2D eigenvalue weighted by Crippen LogP contribution is 2.14. The van der Waals surface area contributed by atoms with Gasteiger partial charge in [0.15, 0.2) is 5.78 Å². The predicted octanol–water partition coefficient (Wildman–Crippen LogP) is 5.65. The van der Waals surface area contributed by atoms with Crippen LogP contribution in [0.4, 0.5) is 0 Å². The zero-order chi connectivity index (χ0) is 31.1. The first kappa shape index (κ1) is 40.0. The van der Waals surface area contributed by atoms with Gasteiger partial charge >= 0.3 is 11.9 Å². The van der Waals surface area contributed by atoms with Crippen molar-refractivity contribution in [2.75, 3.05) is 39.5 Å². The van der Waals surface area contributed by atoms with Crippen LogP contribution in [0.15, 0.2) is 0 Å². The number of unbranched alkanes of at least 4 members (excludes halogenated alkanes) is 16. The molecule has 0 rings (SSSR count). The molecule has 0 aromatic heterocycles. The molecule has 0 aromatic carbocycles. The Labute approximate surface area is 254 Å². The van der Waals surface area contributed by atoms with Gasteiger partial charge in [0.1, 0.15) is 12.6 Å². The van der Waals surface area contributed by atoms with Gasteiger partial charge in [0, 0.05) is 19.4 Å². The molecular weight excluding hydrogens is 540 g/mol. The van der Waals surface area contributed by atoms with E-state index in [1.54, 1.807) is 0 Å². The fraction of sp³-hybridized carbons (Fsp3) is 0.875. The van der Waals surface area contributed by atoms with Gasteiger partial charge in [-0.1, -0.05) is 96.3 Å². The summed E-state index contributed by atoms with van der Waals surface area (Å²) >= 11 is 0. The molecule has 10 heteroatoms. The van der Waals surface area contributed by atoms with E-state index >= 15 is 0 Å². The maximum absolute atomic E-state index is 12.0. The van der Waals surface area contributed by atoms with Crippen molar-refractivity contribution in [1.29, 1.82) is 0 Å². The number of aliphatic carboxylic acids is 2. The molecule has 0 aliphatic carbocycles. The monoisotopic (exact) mass is 600 g/mol. The molecule has 0 saturated carbocycles. The highest BCUT2D eigenvalue weighted by atomic mass is 16.5. The Kier molecular flexibility index (Phi) is 28.9. The van der Waals surface area contributed by atoms with Crippen LogP contribution in [0.25, 0.3) is 0 Å². The molecule has 0 radical (unpaired) electrons. The van der Waals surface area contributed by atoms with Crippen LogP contribution in [0, 0.1) is 0 Å². The van der Waals surface area contributed by atoms with Gasteiger partial charge in [-0.25, -0.2) is 0 Å². The minimum atomic E-state index is -0.929. The minimum absolute atomic E-state index is 0.0383. The van der Waals surface area contributed by atoms with Crippen LogP contribution in [0.1, 0.15) is 135 Å². The van der Waals surface area contributed by atoms with Gasteiger partial charge < -0.3 is 30.3 Å². The summed E-state index contributed by atoms with van der Waals surface area (Å²) in [6, 6.07) is -0.721. The third-order valence-electron chi connectivity index (χ3n) is 7.16. The molecule has 0 bridgehead atoms. The summed E-state index contributed by atoms with van der Waals surface area (Å²) in [7, 11) is 0. The van der Waals surface area contributed by atoms with E-state index in [0.717, 1.165) is 32.1 Å². The van der Waals surface area contributed by atoms with Crippen LogP contribution in [0.5, 0.6) is 0 Å². The van der Waals surface area contributed by atoms with Crippen LogP contribution < -0.4 is 10.6 Å². The van der Waals surface area contributed by atoms with Crippen molar-refractivity contribution in [2.24, 2.45) is 0 Å². The molecule has 0 unspecified atom stereocenters. The second kappa shape index (κ2) is 30.4. The van der Waals surface area contributed by atoms with Crippen molar-refractivity contribution in [3.8, 4) is 0 Å². The highest BCUT2D eigenvalue weighted by molar-refractivity contribution is 5.78. The van der Waals surface area contributed by atoms with Gasteiger partial charge in [0.2, 0.25) is 5.91 Å². The summed E-state index contributed by atoms with van der Waals surface area (Å²) in [5.41, 5.74) is 0. The molecule has 0 aliphatic rings. The largest absolute Gasteiger partial charge is 0.481 e. The third-order valence-corrected chi connectivity index (χ3v) is 7.16. The van der Waals surface area contributed by atoms with Crippen molar-refractivity contribution in [1.82, 2.24) is 10.6 Å². The number of hydrogen-bond acceptors (Lipinski definition) is 7. The molecule has 0 saturated heterocycles. The van der Waals surface area contributed by atoms with Crippen LogP contribution >= 0.6 is 0 Å². The Morgan fingerprint density at radius 3 is 1.55 bits per heavy atom. The number of carboxylic acids is 2. The highest BCUT2D eigenvalue weighted by Gasteiger charge is 2.17. The molecule has 246 valence electrons. The molecule has 0 spiro atoms. The number of carbonyl (C=O) groups excluding carboxylic acids is 2. The fourth-order valence-corrected chi connectivity index (χ4v) is 4.70. The first-order valence-corrected chi connectivity index (χ1v) is 16.4. The summed E-state index contributed by atoms with van der Waals surface area (Å²) in [4.78, 5) is 44.7. The van der Waals surface area contributed by atoms with E-state index in [9.17, 15) is 24.3 Å². The first-order chi connectivity index (χ1) is 20.3. The van der Waals surface area contributed by atoms with E-state index in [1.165, 1.54) is 84.0 Å². The lowest BCUT2D eigenvalue weighted by atomic mass is 10.0. The summed E-state index contributed by atoms with van der Waals surface area (Å²) in [5.74, 6) is -1.85. The lowest BCUT2D eigenvalue weighted by Gasteiger charge is -2.14. The molecule has 42 heavy (non-hydrogen) atoms. The number of amides is 1. The maximum atomic E-state index is 12.0. The second-order valence-electron chi connectivity index (χ2n) is 11.3. The Bertz CT molecular complexity index is 689.